The zero-order valence-corrected chi connectivity index (χ0v) is 11.6. The molecule has 1 amide bonds. The van der Waals surface area contributed by atoms with Crippen LogP contribution in [-0.2, 0) is 14.8 Å². The van der Waals surface area contributed by atoms with Crippen LogP contribution < -0.4 is 4.72 Å². The third-order valence-corrected chi connectivity index (χ3v) is 4.79. The zero-order chi connectivity index (χ0) is 15.0. The van der Waals surface area contributed by atoms with E-state index < -0.39 is 33.8 Å². The molecular weight excluding hydrogens is 297 g/mol. The first-order valence-corrected chi connectivity index (χ1v) is 8.17. The molecule has 0 aromatic heterocycles. The number of nitrogens with zero attached hydrogens (tertiary/aromatic N) is 1. The summed E-state index contributed by atoms with van der Waals surface area (Å²) in [6, 6.07) is 0.577. The van der Waals surface area contributed by atoms with Crippen LogP contribution in [0.2, 0.25) is 0 Å². The van der Waals surface area contributed by atoms with Crippen molar-refractivity contribution in [1.82, 2.24) is 9.62 Å². The SMILES string of the molecule is O=C(NS(=O)(=O)CC(F)(F)F)C1CCN(C2CC2)CC1. The van der Waals surface area contributed by atoms with E-state index in [-0.39, 0.29) is 0 Å². The standard InChI is InChI=1S/C11H17F3N2O3S/c12-11(13,14)7-20(18,19)15-10(17)8-3-5-16(6-4-8)9-1-2-9/h8-9H,1-7H2,(H,15,17). The highest BCUT2D eigenvalue weighted by Crippen LogP contribution is 2.30. The molecule has 1 heterocycles. The fourth-order valence-electron chi connectivity index (χ4n) is 2.45. The molecule has 2 aliphatic rings. The Bertz CT molecular complexity index is 466. The number of piperidine rings is 1. The van der Waals surface area contributed by atoms with Crippen molar-refractivity contribution >= 4 is 15.9 Å². The topological polar surface area (TPSA) is 66.5 Å². The molecule has 1 aliphatic carbocycles. The van der Waals surface area contributed by atoms with E-state index in [9.17, 15) is 26.4 Å². The minimum atomic E-state index is -4.85. The smallest absolute Gasteiger partial charge is 0.300 e. The molecule has 0 bridgehead atoms. The molecule has 0 unspecified atom stereocenters. The van der Waals surface area contributed by atoms with Crippen molar-refractivity contribution < 1.29 is 26.4 Å². The van der Waals surface area contributed by atoms with E-state index in [1.54, 1.807) is 0 Å². The van der Waals surface area contributed by atoms with E-state index in [1.165, 1.54) is 4.72 Å². The van der Waals surface area contributed by atoms with Gasteiger partial charge in [-0.1, -0.05) is 0 Å². The summed E-state index contributed by atoms with van der Waals surface area (Å²) in [5.41, 5.74) is 0. The van der Waals surface area contributed by atoms with Gasteiger partial charge in [0.15, 0.2) is 5.75 Å². The Morgan fingerprint density at radius 3 is 2.15 bits per heavy atom. The van der Waals surface area contributed by atoms with Gasteiger partial charge in [-0.25, -0.2) is 8.42 Å². The Morgan fingerprint density at radius 1 is 1.15 bits per heavy atom. The lowest BCUT2D eigenvalue weighted by Gasteiger charge is -2.31. The van der Waals surface area contributed by atoms with Gasteiger partial charge in [0.05, 0.1) is 0 Å². The van der Waals surface area contributed by atoms with Gasteiger partial charge in [0, 0.05) is 12.0 Å². The van der Waals surface area contributed by atoms with Gasteiger partial charge in [-0.05, 0) is 38.8 Å². The normalized spacial score (nSPS) is 22.8. The van der Waals surface area contributed by atoms with Crippen molar-refractivity contribution in [3.05, 3.63) is 0 Å². The number of alkyl halides is 3. The summed E-state index contributed by atoms with van der Waals surface area (Å²) < 4.78 is 60.1. The first kappa shape index (κ1) is 15.6. The quantitative estimate of drug-likeness (QED) is 0.836. The molecule has 2 rings (SSSR count). The molecule has 1 aliphatic heterocycles. The van der Waals surface area contributed by atoms with Crippen LogP contribution in [0.25, 0.3) is 0 Å². The fourth-order valence-corrected chi connectivity index (χ4v) is 3.43. The highest BCUT2D eigenvalue weighted by Gasteiger charge is 2.38. The average molecular weight is 314 g/mol. The predicted octanol–water partition coefficient (Wildman–Crippen LogP) is 0.869. The molecule has 116 valence electrons. The molecule has 1 N–H and O–H groups in total. The highest BCUT2D eigenvalue weighted by molar-refractivity contribution is 7.90. The molecule has 5 nitrogen and oxygen atoms in total. The van der Waals surface area contributed by atoms with Crippen LogP contribution in [0, 0.1) is 5.92 Å². The maximum Gasteiger partial charge on any atom is 0.404 e. The molecule has 0 radical (unpaired) electrons. The van der Waals surface area contributed by atoms with Gasteiger partial charge in [0.1, 0.15) is 0 Å². The molecule has 9 heteroatoms. The summed E-state index contributed by atoms with van der Waals surface area (Å²) in [4.78, 5) is 14.0. The van der Waals surface area contributed by atoms with E-state index in [0.29, 0.717) is 32.0 Å². The van der Waals surface area contributed by atoms with Crippen LogP contribution in [0.5, 0.6) is 0 Å². The molecule has 1 saturated heterocycles. The van der Waals surface area contributed by atoms with Crippen LogP contribution in [-0.4, -0.2) is 50.3 Å². The largest absolute Gasteiger partial charge is 0.404 e. The minimum absolute atomic E-state index is 0.490. The first-order chi connectivity index (χ1) is 9.16. The Labute approximate surface area is 115 Å². The van der Waals surface area contributed by atoms with Crippen LogP contribution in [0.3, 0.4) is 0 Å². The molecule has 0 spiro atoms. The van der Waals surface area contributed by atoms with E-state index in [0.717, 1.165) is 12.8 Å². The van der Waals surface area contributed by atoms with Gasteiger partial charge < -0.3 is 4.90 Å². The number of likely N-dealkylation sites (tertiary alicyclic amines) is 1. The number of nitrogens with one attached hydrogen (secondary N) is 1. The molecule has 0 aromatic rings. The van der Waals surface area contributed by atoms with E-state index >= 15 is 0 Å². The van der Waals surface area contributed by atoms with Gasteiger partial charge in [-0.2, -0.15) is 13.2 Å². The maximum absolute atomic E-state index is 12.1. The molecule has 0 aromatic carbocycles. The van der Waals surface area contributed by atoms with Gasteiger partial charge in [0.25, 0.3) is 0 Å². The monoisotopic (exact) mass is 314 g/mol. The third kappa shape index (κ3) is 4.62. The lowest BCUT2D eigenvalue weighted by molar-refractivity contribution is -0.124. The van der Waals surface area contributed by atoms with Crippen molar-refractivity contribution in [2.24, 2.45) is 5.92 Å². The average Bonchev–Trinajstić information content (AvgIpc) is 3.08. The second-order valence-electron chi connectivity index (χ2n) is 5.38. The third-order valence-electron chi connectivity index (χ3n) is 3.57. The van der Waals surface area contributed by atoms with Crippen LogP contribution in [0.1, 0.15) is 25.7 Å². The van der Waals surface area contributed by atoms with Crippen LogP contribution >= 0.6 is 0 Å². The van der Waals surface area contributed by atoms with Crippen LogP contribution in [0.15, 0.2) is 0 Å². The maximum atomic E-state index is 12.1. The second kappa shape index (κ2) is 5.51. The summed E-state index contributed by atoms with van der Waals surface area (Å²) in [6.45, 7) is 1.39. The number of carbonyl (C=O) groups is 1. The molecule has 0 atom stereocenters. The molecule has 2 fully saturated rings. The van der Waals surface area contributed by atoms with Gasteiger partial charge >= 0.3 is 6.18 Å². The number of hydrogen-bond donors (Lipinski definition) is 1. The van der Waals surface area contributed by atoms with E-state index in [2.05, 4.69) is 4.90 Å². The van der Waals surface area contributed by atoms with Crippen molar-refractivity contribution in [1.29, 1.82) is 0 Å². The lowest BCUT2D eigenvalue weighted by atomic mass is 9.96. The Balaban J connectivity index is 1.83. The summed E-state index contributed by atoms with van der Waals surface area (Å²) >= 11 is 0. The number of carbonyl (C=O) groups excluding carboxylic acids is 1. The number of sulfonamides is 1. The van der Waals surface area contributed by atoms with E-state index in [4.69, 9.17) is 0 Å². The van der Waals surface area contributed by atoms with Gasteiger partial charge in [-0.15, -0.1) is 0 Å². The summed E-state index contributed by atoms with van der Waals surface area (Å²) in [5.74, 6) is -3.36. The highest BCUT2D eigenvalue weighted by atomic mass is 32.2. The summed E-state index contributed by atoms with van der Waals surface area (Å²) in [6.07, 6.45) is -1.57. The Kier molecular flexibility index (Phi) is 4.29. The summed E-state index contributed by atoms with van der Waals surface area (Å²) in [7, 11) is -4.64. The van der Waals surface area contributed by atoms with Crippen molar-refractivity contribution in [2.75, 3.05) is 18.8 Å². The van der Waals surface area contributed by atoms with Gasteiger partial charge in [0.2, 0.25) is 15.9 Å². The molecule has 20 heavy (non-hydrogen) atoms. The number of amides is 1. The molecular formula is C11H17F3N2O3S. The summed E-state index contributed by atoms with van der Waals surface area (Å²) in [5, 5.41) is 0. The van der Waals surface area contributed by atoms with Gasteiger partial charge in [-0.3, -0.25) is 9.52 Å². The number of hydrogen-bond acceptors (Lipinski definition) is 4. The zero-order valence-electron chi connectivity index (χ0n) is 10.8. The second-order valence-corrected chi connectivity index (χ2v) is 7.10. The number of rotatable bonds is 4. The first-order valence-electron chi connectivity index (χ1n) is 6.51. The van der Waals surface area contributed by atoms with E-state index in [1.807, 2.05) is 0 Å². The lowest BCUT2D eigenvalue weighted by Crippen LogP contribution is -2.44. The van der Waals surface area contributed by atoms with Crippen LogP contribution in [0.4, 0.5) is 13.2 Å². The number of halogens is 3. The van der Waals surface area contributed by atoms with Crippen molar-refractivity contribution in [3.63, 3.8) is 0 Å². The minimum Gasteiger partial charge on any atom is -0.300 e. The predicted molar refractivity (Wildman–Crippen MR) is 65.3 cm³/mol. The fraction of sp³-hybridized carbons (Fsp3) is 0.909. The van der Waals surface area contributed by atoms with Crippen molar-refractivity contribution in [2.45, 2.75) is 37.9 Å². The Morgan fingerprint density at radius 2 is 1.70 bits per heavy atom. The molecule has 1 saturated carbocycles. The Hall–Kier alpha value is -0.830. The van der Waals surface area contributed by atoms with Crippen molar-refractivity contribution in [3.8, 4) is 0 Å².